The number of quaternary nitrogens is 1. The monoisotopic (exact) mass is 330 g/mol. The predicted octanol–water partition coefficient (Wildman–Crippen LogP) is 1.83. The highest BCUT2D eigenvalue weighted by atomic mass is 32.1. The number of ether oxygens (including phenoxy) is 1. The molecule has 0 aromatic heterocycles. The van der Waals surface area contributed by atoms with Gasteiger partial charge in [0.25, 0.3) is 0 Å². The average Bonchev–Trinajstić information content (AvgIpc) is 2.54. The molecule has 23 heavy (non-hydrogen) atoms. The van der Waals surface area contributed by atoms with Crippen molar-refractivity contribution in [2.75, 3.05) is 26.5 Å². The molecule has 4 nitrogen and oxygen atoms in total. The first-order valence-corrected chi connectivity index (χ1v) is 8.03. The van der Waals surface area contributed by atoms with Crippen LogP contribution < -0.4 is 20.3 Å². The van der Waals surface area contributed by atoms with Crippen LogP contribution in [-0.2, 0) is 13.1 Å². The Morgan fingerprint density at radius 1 is 1.09 bits per heavy atom. The largest absolute Gasteiger partial charge is 0.497 e. The SMILES string of the molecule is COc1cccc(NC(=S)NCc2ccc(C[NH+](C)C)cc2)c1. The molecule has 3 N–H and O–H groups in total. The van der Waals surface area contributed by atoms with Crippen LogP contribution >= 0.6 is 12.2 Å². The lowest BCUT2D eigenvalue weighted by Crippen LogP contribution is -3.04. The van der Waals surface area contributed by atoms with Crippen molar-refractivity contribution in [2.24, 2.45) is 0 Å². The third kappa shape index (κ3) is 5.88. The second kappa shape index (κ2) is 8.50. The molecule has 0 radical (unpaired) electrons. The van der Waals surface area contributed by atoms with Crippen LogP contribution in [0.4, 0.5) is 5.69 Å². The number of benzene rings is 2. The standard InChI is InChI=1S/C18H23N3OS/c1-21(2)13-15-9-7-14(8-10-15)12-19-18(23)20-16-5-4-6-17(11-16)22-3/h4-11H,12-13H2,1-3H3,(H2,19,20,23)/p+1. The van der Waals surface area contributed by atoms with Crippen LogP contribution in [0.2, 0.25) is 0 Å². The summed E-state index contributed by atoms with van der Waals surface area (Å²) in [6.07, 6.45) is 0. The van der Waals surface area contributed by atoms with Crippen molar-refractivity contribution >= 4 is 23.0 Å². The van der Waals surface area contributed by atoms with Gasteiger partial charge < -0.3 is 20.3 Å². The van der Waals surface area contributed by atoms with E-state index in [0.717, 1.165) is 18.0 Å². The fourth-order valence-electron chi connectivity index (χ4n) is 2.24. The van der Waals surface area contributed by atoms with E-state index in [0.29, 0.717) is 11.7 Å². The second-order valence-corrected chi connectivity index (χ2v) is 6.15. The quantitative estimate of drug-likeness (QED) is 0.707. The highest BCUT2D eigenvalue weighted by molar-refractivity contribution is 7.80. The molecular formula is C18H24N3OS+. The molecule has 0 saturated heterocycles. The minimum absolute atomic E-state index is 0.597. The summed E-state index contributed by atoms with van der Waals surface area (Å²) in [6, 6.07) is 16.3. The van der Waals surface area contributed by atoms with Crippen LogP contribution in [0.25, 0.3) is 0 Å². The molecule has 0 aliphatic rings. The topological polar surface area (TPSA) is 37.7 Å². The number of methoxy groups -OCH3 is 1. The Labute approximate surface area is 143 Å². The van der Waals surface area contributed by atoms with Gasteiger partial charge in [0, 0.05) is 23.9 Å². The van der Waals surface area contributed by atoms with Gasteiger partial charge in [-0.2, -0.15) is 0 Å². The van der Waals surface area contributed by atoms with Crippen molar-refractivity contribution in [3.8, 4) is 5.75 Å². The Morgan fingerprint density at radius 2 is 1.78 bits per heavy atom. The molecule has 0 unspecified atom stereocenters. The minimum Gasteiger partial charge on any atom is -0.497 e. The molecule has 0 atom stereocenters. The number of anilines is 1. The molecule has 122 valence electrons. The number of thiocarbonyl (C=S) groups is 1. The summed E-state index contributed by atoms with van der Waals surface area (Å²) in [5.74, 6) is 0.802. The molecule has 2 aromatic carbocycles. The first kappa shape index (κ1) is 17.2. The van der Waals surface area contributed by atoms with Gasteiger partial charge in [-0.3, -0.25) is 0 Å². The van der Waals surface area contributed by atoms with Crippen molar-refractivity contribution in [2.45, 2.75) is 13.1 Å². The van der Waals surface area contributed by atoms with Gasteiger partial charge in [0.15, 0.2) is 5.11 Å². The number of rotatable bonds is 6. The molecule has 0 bridgehead atoms. The lowest BCUT2D eigenvalue weighted by molar-refractivity contribution is -0.872. The molecule has 5 heteroatoms. The van der Waals surface area contributed by atoms with Crippen LogP contribution in [0.1, 0.15) is 11.1 Å². The highest BCUT2D eigenvalue weighted by Crippen LogP contribution is 2.16. The van der Waals surface area contributed by atoms with E-state index in [1.165, 1.54) is 16.0 Å². The maximum absolute atomic E-state index is 5.33. The molecule has 0 spiro atoms. The Hall–Kier alpha value is -2.11. The normalized spacial score (nSPS) is 10.4. The van der Waals surface area contributed by atoms with Gasteiger partial charge in [0.1, 0.15) is 12.3 Å². The van der Waals surface area contributed by atoms with E-state index in [2.05, 4.69) is 49.0 Å². The molecule has 2 rings (SSSR count). The Balaban J connectivity index is 1.84. The number of nitrogens with one attached hydrogen (secondary N) is 3. The summed E-state index contributed by atoms with van der Waals surface area (Å²) >= 11 is 5.33. The van der Waals surface area contributed by atoms with Gasteiger partial charge in [-0.05, 0) is 29.9 Å². The molecule has 0 fully saturated rings. The maximum atomic E-state index is 5.33. The average molecular weight is 330 g/mol. The van der Waals surface area contributed by atoms with E-state index >= 15 is 0 Å². The van der Waals surface area contributed by atoms with Gasteiger partial charge in [-0.15, -0.1) is 0 Å². The Kier molecular flexibility index (Phi) is 6.38. The van der Waals surface area contributed by atoms with E-state index in [1.54, 1.807) is 7.11 Å². The number of hydrogen-bond donors (Lipinski definition) is 3. The summed E-state index contributed by atoms with van der Waals surface area (Å²) in [4.78, 5) is 1.42. The fraction of sp³-hybridized carbons (Fsp3) is 0.278. The third-order valence-corrected chi connectivity index (χ3v) is 3.61. The van der Waals surface area contributed by atoms with Crippen molar-refractivity contribution in [3.63, 3.8) is 0 Å². The third-order valence-electron chi connectivity index (χ3n) is 3.36. The van der Waals surface area contributed by atoms with Gasteiger partial charge in [0.05, 0.1) is 21.2 Å². The van der Waals surface area contributed by atoms with Crippen molar-refractivity contribution < 1.29 is 9.64 Å². The lowest BCUT2D eigenvalue weighted by Gasteiger charge is -2.12. The molecule has 0 amide bonds. The van der Waals surface area contributed by atoms with Crippen LogP contribution in [0.15, 0.2) is 48.5 Å². The van der Waals surface area contributed by atoms with E-state index in [-0.39, 0.29) is 0 Å². The summed E-state index contributed by atoms with van der Waals surface area (Å²) in [6.45, 7) is 1.73. The van der Waals surface area contributed by atoms with Gasteiger partial charge >= 0.3 is 0 Å². The molecule has 2 aromatic rings. The van der Waals surface area contributed by atoms with Gasteiger partial charge in [-0.25, -0.2) is 0 Å². The molecule has 0 saturated carbocycles. The summed E-state index contributed by atoms with van der Waals surface area (Å²) < 4.78 is 5.20. The molecule has 0 aliphatic carbocycles. The zero-order valence-electron chi connectivity index (χ0n) is 13.8. The van der Waals surface area contributed by atoms with Crippen molar-refractivity contribution in [3.05, 3.63) is 59.7 Å². The molecular weight excluding hydrogens is 306 g/mol. The lowest BCUT2D eigenvalue weighted by atomic mass is 10.1. The van der Waals surface area contributed by atoms with Crippen LogP contribution in [0.5, 0.6) is 5.75 Å². The highest BCUT2D eigenvalue weighted by Gasteiger charge is 2.01. The second-order valence-electron chi connectivity index (χ2n) is 5.74. The fourth-order valence-corrected chi connectivity index (χ4v) is 2.43. The zero-order chi connectivity index (χ0) is 16.7. The summed E-state index contributed by atoms with van der Waals surface area (Å²) in [5.41, 5.74) is 3.45. The van der Waals surface area contributed by atoms with Crippen LogP contribution in [-0.4, -0.2) is 26.3 Å². The maximum Gasteiger partial charge on any atom is 0.171 e. The summed E-state index contributed by atoms with van der Waals surface area (Å²) in [5, 5.41) is 6.98. The Morgan fingerprint density at radius 3 is 2.43 bits per heavy atom. The summed E-state index contributed by atoms with van der Waals surface area (Å²) in [7, 11) is 5.95. The first-order valence-electron chi connectivity index (χ1n) is 7.62. The molecule has 0 heterocycles. The van der Waals surface area contributed by atoms with E-state index in [9.17, 15) is 0 Å². The van der Waals surface area contributed by atoms with E-state index in [4.69, 9.17) is 17.0 Å². The van der Waals surface area contributed by atoms with Crippen molar-refractivity contribution in [1.29, 1.82) is 0 Å². The number of hydrogen-bond acceptors (Lipinski definition) is 2. The first-order chi connectivity index (χ1) is 11.1. The van der Waals surface area contributed by atoms with E-state index in [1.807, 2.05) is 24.3 Å². The van der Waals surface area contributed by atoms with Crippen LogP contribution in [0, 0.1) is 0 Å². The Bertz CT molecular complexity index is 641. The van der Waals surface area contributed by atoms with Gasteiger partial charge in [0.2, 0.25) is 0 Å². The van der Waals surface area contributed by atoms with E-state index < -0.39 is 0 Å². The minimum atomic E-state index is 0.597. The van der Waals surface area contributed by atoms with Crippen LogP contribution in [0.3, 0.4) is 0 Å². The van der Waals surface area contributed by atoms with Gasteiger partial charge in [-0.1, -0.05) is 30.3 Å². The zero-order valence-corrected chi connectivity index (χ0v) is 14.7. The van der Waals surface area contributed by atoms with Crippen molar-refractivity contribution in [1.82, 2.24) is 5.32 Å². The smallest absolute Gasteiger partial charge is 0.171 e. The predicted molar refractivity (Wildman–Crippen MR) is 99.0 cm³/mol. The molecule has 0 aliphatic heterocycles.